The molecule has 2 atom stereocenters. The minimum absolute atomic E-state index is 0.0198. The molecule has 0 aromatic rings. The van der Waals surface area contributed by atoms with E-state index in [4.69, 9.17) is 4.74 Å². The van der Waals surface area contributed by atoms with Crippen LogP contribution in [0.2, 0.25) is 0 Å². The van der Waals surface area contributed by atoms with Crippen LogP contribution in [0, 0.1) is 5.92 Å². The smallest absolute Gasteiger partial charge is 0.407 e. The molecule has 2 rings (SSSR count). The molecule has 0 bridgehead atoms. The highest BCUT2D eigenvalue weighted by Gasteiger charge is 2.31. The molecule has 0 spiro atoms. The molecule has 2 unspecified atom stereocenters. The zero-order valence-electron chi connectivity index (χ0n) is 18.0. The minimum Gasteiger partial charge on any atom is -0.444 e. The summed E-state index contributed by atoms with van der Waals surface area (Å²) in [6.07, 6.45) is 3.49. The third kappa shape index (κ3) is 6.87. The maximum absolute atomic E-state index is 12.1. The monoisotopic (exact) mass is 381 g/mol. The number of nitrogens with zero attached hydrogens (tertiary/aromatic N) is 3. The first-order chi connectivity index (χ1) is 12.7. The van der Waals surface area contributed by atoms with E-state index in [-0.39, 0.29) is 12.1 Å². The fourth-order valence-corrected chi connectivity index (χ4v) is 3.78. The topological polar surface area (TPSA) is 69.2 Å². The van der Waals surface area contributed by atoms with Crippen LogP contribution in [0.1, 0.15) is 53.9 Å². The lowest BCUT2D eigenvalue weighted by molar-refractivity contribution is 0.0491. The summed E-state index contributed by atoms with van der Waals surface area (Å²) < 4.78 is 5.40. The highest BCUT2D eigenvalue weighted by molar-refractivity contribution is 5.80. The van der Waals surface area contributed by atoms with Crippen molar-refractivity contribution in [3.8, 4) is 0 Å². The normalized spacial score (nSPS) is 23.0. The van der Waals surface area contributed by atoms with Crippen LogP contribution in [-0.4, -0.2) is 79.3 Å². The molecule has 2 fully saturated rings. The molecule has 2 N–H and O–H groups in total. The van der Waals surface area contributed by atoms with Gasteiger partial charge in [0.05, 0.1) is 6.04 Å². The molecule has 0 saturated carbocycles. The lowest BCUT2D eigenvalue weighted by Crippen LogP contribution is -2.51. The molecule has 2 saturated heterocycles. The summed E-state index contributed by atoms with van der Waals surface area (Å²) in [4.78, 5) is 21.6. The Kier molecular flexibility index (Phi) is 7.77. The Morgan fingerprint density at radius 3 is 2.44 bits per heavy atom. The molecule has 2 aliphatic rings. The summed E-state index contributed by atoms with van der Waals surface area (Å²) >= 11 is 0. The maximum Gasteiger partial charge on any atom is 0.407 e. The number of carbonyl (C=O) groups is 1. The molecule has 0 radical (unpaired) electrons. The summed E-state index contributed by atoms with van der Waals surface area (Å²) in [6, 6.07) is 0.625. The van der Waals surface area contributed by atoms with Gasteiger partial charge >= 0.3 is 6.09 Å². The van der Waals surface area contributed by atoms with Crippen molar-refractivity contribution < 1.29 is 9.53 Å². The van der Waals surface area contributed by atoms with Crippen molar-refractivity contribution in [1.29, 1.82) is 0 Å². The van der Waals surface area contributed by atoms with Crippen LogP contribution in [0.5, 0.6) is 0 Å². The Bertz CT molecular complexity index is 509. The number of guanidine groups is 1. The van der Waals surface area contributed by atoms with Gasteiger partial charge in [-0.05, 0) is 59.0 Å². The van der Waals surface area contributed by atoms with Gasteiger partial charge in [0.1, 0.15) is 5.60 Å². The number of hydrogen-bond acceptors (Lipinski definition) is 4. The predicted molar refractivity (Wildman–Crippen MR) is 110 cm³/mol. The molecular weight excluding hydrogens is 342 g/mol. The third-order valence-corrected chi connectivity index (χ3v) is 5.32. The molecule has 0 aromatic heterocycles. The minimum atomic E-state index is -0.491. The molecule has 7 heteroatoms. The van der Waals surface area contributed by atoms with Crippen LogP contribution in [0.3, 0.4) is 0 Å². The molecule has 156 valence electrons. The van der Waals surface area contributed by atoms with Crippen molar-refractivity contribution in [3.05, 3.63) is 0 Å². The molecule has 2 heterocycles. The molecular formula is C20H39N5O2. The zero-order chi connectivity index (χ0) is 20.0. The Labute approximate surface area is 164 Å². The quantitative estimate of drug-likeness (QED) is 0.565. The van der Waals surface area contributed by atoms with Gasteiger partial charge in [0.25, 0.3) is 0 Å². The van der Waals surface area contributed by atoms with E-state index in [1.54, 1.807) is 0 Å². The van der Waals surface area contributed by atoms with Gasteiger partial charge in [-0.15, -0.1) is 0 Å². The lowest BCUT2D eigenvalue weighted by Gasteiger charge is -2.29. The van der Waals surface area contributed by atoms with Crippen molar-refractivity contribution >= 4 is 12.1 Å². The van der Waals surface area contributed by atoms with E-state index in [1.807, 2.05) is 27.8 Å². The van der Waals surface area contributed by atoms with Gasteiger partial charge in [-0.25, -0.2) is 4.79 Å². The summed E-state index contributed by atoms with van der Waals surface area (Å²) in [5.41, 5.74) is -0.491. The second-order valence-corrected chi connectivity index (χ2v) is 9.06. The molecule has 7 nitrogen and oxygen atoms in total. The number of hydrogen-bond donors (Lipinski definition) is 2. The Morgan fingerprint density at radius 2 is 1.89 bits per heavy atom. The fourth-order valence-electron chi connectivity index (χ4n) is 3.78. The first kappa shape index (κ1) is 21.8. The zero-order valence-corrected chi connectivity index (χ0v) is 18.0. The molecule has 0 aromatic carbocycles. The molecule has 2 aliphatic heterocycles. The van der Waals surface area contributed by atoms with E-state index in [0.29, 0.717) is 18.5 Å². The number of rotatable bonds is 5. The van der Waals surface area contributed by atoms with E-state index in [2.05, 4.69) is 39.3 Å². The Balaban J connectivity index is 1.84. The number of amides is 1. The summed E-state index contributed by atoms with van der Waals surface area (Å²) in [5.74, 6) is 1.22. The van der Waals surface area contributed by atoms with Gasteiger partial charge in [-0.2, -0.15) is 0 Å². The SMILES string of the molecule is CN=C(NCC(NC(=O)OC(C)(C)C)C(C)C)N1CCC(N2CCCC2)C1. The number of ether oxygens (including phenoxy) is 1. The van der Waals surface area contributed by atoms with Gasteiger partial charge < -0.3 is 20.3 Å². The van der Waals surface area contributed by atoms with Crippen molar-refractivity contribution in [2.24, 2.45) is 10.9 Å². The summed E-state index contributed by atoms with van der Waals surface area (Å²) in [7, 11) is 1.83. The molecule has 0 aliphatic carbocycles. The Hall–Kier alpha value is -1.50. The fraction of sp³-hybridized carbons (Fsp3) is 0.900. The first-order valence-corrected chi connectivity index (χ1v) is 10.4. The third-order valence-electron chi connectivity index (χ3n) is 5.32. The Morgan fingerprint density at radius 1 is 1.22 bits per heavy atom. The van der Waals surface area contributed by atoms with Crippen LogP contribution in [-0.2, 0) is 4.74 Å². The van der Waals surface area contributed by atoms with E-state index < -0.39 is 5.60 Å². The highest BCUT2D eigenvalue weighted by Crippen LogP contribution is 2.20. The first-order valence-electron chi connectivity index (χ1n) is 10.4. The van der Waals surface area contributed by atoms with Crippen LogP contribution >= 0.6 is 0 Å². The van der Waals surface area contributed by atoms with Gasteiger partial charge in [0.15, 0.2) is 5.96 Å². The van der Waals surface area contributed by atoms with Crippen molar-refractivity contribution in [3.63, 3.8) is 0 Å². The average molecular weight is 382 g/mol. The lowest BCUT2D eigenvalue weighted by atomic mass is 10.0. The van der Waals surface area contributed by atoms with Crippen molar-refractivity contribution in [1.82, 2.24) is 20.4 Å². The van der Waals surface area contributed by atoms with Gasteiger partial charge in [-0.1, -0.05) is 13.8 Å². The molecule has 27 heavy (non-hydrogen) atoms. The number of nitrogens with one attached hydrogen (secondary N) is 2. The van der Waals surface area contributed by atoms with E-state index in [1.165, 1.54) is 32.4 Å². The van der Waals surface area contributed by atoms with E-state index in [9.17, 15) is 4.79 Å². The van der Waals surface area contributed by atoms with Crippen molar-refractivity contribution in [2.75, 3.05) is 39.8 Å². The number of carbonyl (C=O) groups excluding carboxylic acids is 1. The number of alkyl carbamates (subject to hydrolysis) is 1. The summed E-state index contributed by atoms with van der Waals surface area (Å²) in [5, 5.41) is 6.45. The van der Waals surface area contributed by atoms with Gasteiger partial charge in [0, 0.05) is 32.7 Å². The van der Waals surface area contributed by atoms with Gasteiger partial charge in [0.2, 0.25) is 0 Å². The number of likely N-dealkylation sites (tertiary alicyclic amines) is 2. The van der Waals surface area contributed by atoms with Crippen LogP contribution in [0.4, 0.5) is 4.79 Å². The number of aliphatic imine (C=N–C) groups is 1. The van der Waals surface area contributed by atoms with Crippen LogP contribution in [0.25, 0.3) is 0 Å². The largest absolute Gasteiger partial charge is 0.444 e. The van der Waals surface area contributed by atoms with E-state index >= 15 is 0 Å². The van der Waals surface area contributed by atoms with Crippen LogP contribution < -0.4 is 10.6 Å². The second kappa shape index (κ2) is 9.62. The van der Waals surface area contributed by atoms with Crippen molar-refractivity contribution in [2.45, 2.75) is 71.6 Å². The molecule has 1 amide bonds. The maximum atomic E-state index is 12.1. The van der Waals surface area contributed by atoms with Gasteiger partial charge in [-0.3, -0.25) is 9.89 Å². The summed E-state index contributed by atoms with van der Waals surface area (Å²) in [6.45, 7) is 15.0. The predicted octanol–water partition coefficient (Wildman–Crippen LogP) is 2.28. The standard InChI is InChI=1S/C20H39N5O2/c1-15(2)17(23-19(26)27-20(3,4)5)13-22-18(21-6)25-12-9-16(14-25)24-10-7-8-11-24/h15-17H,7-14H2,1-6H3,(H,21,22)(H,23,26). The average Bonchev–Trinajstić information content (AvgIpc) is 3.23. The second-order valence-electron chi connectivity index (χ2n) is 9.06. The van der Waals surface area contributed by atoms with E-state index in [0.717, 1.165) is 19.0 Å². The highest BCUT2D eigenvalue weighted by atomic mass is 16.6. The van der Waals surface area contributed by atoms with Crippen LogP contribution in [0.15, 0.2) is 4.99 Å².